The summed E-state index contributed by atoms with van der Waals surface area (Å²) >= 11 is 0. The molecule has 0 spiro atoms. The third-order valence-corrected chi connectivity index (χ3v) is 3.37. The fourth-order valence-electron chi connectivity index (χ4n) is 2.18. The van der Waals surface area contributed by atoms with Crippen molar-refractivity contribution in [2.24, 2.45) is 10.9 Å². The standard InChI is InChI=1S/C16H23NO2/c1-12(2)16-10-14-9-15(19-8-4-7-18-3)6-5-13(14)11-17-16/h5,9-12,16H,4,6-8H2,1-3H3. The summed E-state index contributed by atoms with van der Waals surface area (Å²) in [5.74, 6) is 1.58. The molecule has 1 heterocycles. The monoisotopic (exact) mass is 261 g/mol. The van der Waals surface area contributed by atoms with E-state index in [1.54, 1.807) is 7.11 Å². The van der Waals surface area contributed by atoms with Crippen molar-refractivity contribution in [2.45, 2.75) is 32.7 Å². The van der Waals surface area contributed by atoms with Crippen molar-refractivity contribution < 1.29 is 9.47 Å². The van der Waals surface area contributed by atoms with Gasteiger partial charge in [0.1, 0.15) is 5.76 Å². The number of rotatable bonds is 6. The first-order chi connectivity index (χ1) is 9.20. The molecule has 1 aliphatic carbocycles. The summed E-state index contributed by atoms with van der Waals surface area (Å²) < 4.78 is 10.8. The van der Waals surface area contributed by atoms with Crippen LogP contribution in [0.15, 0.2) is 40.1 Å². The molecule has 0 saturated heterocycles. The third-order valence-electron chi connectivity index (χ3n) is 3.37. The lowest BCUT2D eigenvalue weighted by Gasteiger charge is -2.22. The second-order valence-electron chi connectivity index (χ2n) is 5.30. The molecule has 0 N–H and O–H groups in total. The van der Waals surface area contributed by atoms with Gasteiger partial charge >= 0.3 is 0 Å². The van der Waals surface area contributed by atoms with Crippen LogP contribution < -0.4 is 0 Å². The van der Waals surface area contributed by atoms with Crippen LogP contribution in [0.3, 0.4) is 0 Å². The average Bonchev–Trinajstić information content (AvgIpc) is 2.42. The second kappa shape index (κ2) is 6.71. The van der Waals surface area contributed by atoms with E-state index in [-0.39, 0.29) is 6.04 Å². The molecule has 104 valence electrons. The van der Waals surface area contributed by atoms with Crippen molar-refractivity contribution in [3.05, 3.63) is 35.1 Å². The zero-order chi connectivity index (χ0) is 13.7. The van der Waals surface area contributed by atoms with Crippen molar-refractivity contribution in [2.75, 3.05) is 20.3 Å². The SMILES string of the molecule is COCCCOC1=CC2=CC(C(C)C)N=CC2=CC1. The molecule has 3 nitrogen and oxygen atoms in total. The van der Waals surface area contributed by atoms with Gasteiger partial charge in [0, 0.05) is 32.8 Å². The zero-order valence-electron chi connectivity index (χ0n) is 12.1. The first-order valence-electron chi connectivity index (χ1n) is 6.98. The molecule has 1 atom stereocenters. The fraction of sp³-hybridized carbons (Fsp3) is 0.562. The van der Waals surface area contributed by atoms with Crippen LogP contribution in [0.2, 0.25) is 0 Å². The molecule has 3 heteroatoms. The van der Waals surface area contributed by atoms with Gasteiger partial charge in [0.15, 0.2) is 0 Å². The highest BCUT2D eigenvalue weighted by Gasteiger charge is 2.18. The number of allylic oxidation sites excluding steroid dienone is 4. The predicted octanol–water partition coefficient (Wildman–Crippen LogP) is 3.29. The first kappa shape index (κ1) is 14.1. The maximum atomic E-state index is 5.78. The molecular formula is C16H23NO2. The van der Waals surface area contributed by atoms with Gasteiger partial charge in [-0.2, -0.15) is 0 Å². The fourth-order valence-corrected chi connectivity index (χ4v) is 2.18. The number of dihydropyridines is 1. The van der Waals surface area contributed by atoms with Gasteiger partial charge in [-0.05, 0) is 23.1 Å². The second-order valence-corrected chi connectivity index (χ2v) is 5.30. The molecule has 1 aliphatic heterocycles. The molecule has 19 heavy (non-hydrogen) atoms. The lowest BCUT2D eigenvalue weighted by atomic mass is 9.92. The molecule has 0 bridgehead atoms. The Balaban J connectivity index is 1.96. The van der Waals surface area contributed by atoms with Gasteiger partial charge in [-0.1, -0.05) is 26.0 Å². The lowest BCUT2D eigenvalue weighted by Crippen LogP contribution is -2.16. The van der Waals surface area contributed by atoms with Crippen molar-refractivity contribution in [1.29, 1.82) is 0 Å². The van der Waals surface area contributed by atoms with Crippen LogP contribution >= 0.6 is 0 Å². The molecule has 2 aliphatic rings. The van der Waals surface area contributed by atoms with Crippen LogP contribution in [0.4, 0.5) is 0 Å². The maximum Gasteiger partial charge on any atom is 0.100 e. The minimum absolute atomic E-state index is 0.288. The van der Waals surface area contributed by atoms with Crippen molar-refractivity contribution in [1.82, 2.24) is 0 Å². The Morgan fingerprint density at radius 2 is 2.16 bits per heavy atom. The Labute approximate surface area is 115 Å². The molecule has 0 aromatic heterocycles. The number of fused-ring (bicyclic) bond motifs is 1. The molecule has 1 unspecified atom stereocenters. The van der Waals surface area contributed by atoms with Crippen molar-refractivity contribution in [3.63, 3.8) is 0 Å². The number of hydrogen-bond acceptors (Lipinski definition) is 3. The van der Waals surface area contributed by atoms with Gasteiger partial charge in [-0.15, -0.1) is 0 Å². The number of ether oxygens (including phenoxy) is 2. The lowest BCUT2D eigenvalue weighted by molar-refractivity contribution is 0.143. The van der Waals surface area contributed by atoms with Crippen LogP contribution in [-0.4, -0.2) is 32.6 Å². The number of nitrogens with zero attached hydrogens (tertiary/aromatic N) is 1. The Kier molecular flexibility index (Phi) is 4.97. The highest BCUT2D eigenvalue weighted by atomic mass is 16.5. The topological polar surface area (TPSA) is 30.8 Å². The normalized spacial score (nSPS) is 21.7. The van der Waals surface area contributed by atoms with Gasteiger partial charge in [0.05, 0.1) is 12.6 Å². The predicted molar refractivity (Wildman–Crippen MR) is 78.4 cm³/mol. The van der Waals surface area contributed by atoms with Crippen LogP contribution in [-0.2, 0) is 9.47 Å². The summed E-state index contributed by atoms with van der Waals surface area (Å²) in [5.41, 5.74) is 2.47. The van der Waals surface area contributed by atoms with Gasteiger partial charge in [-0.3, -0.25) is 4.99 Å². The van der Waals surface area contributed by atoms with E-state index in [4.69, 9.17) is 9.47 Å². The highest BCUT2D eigenvalue weighted by Crippen LogP contribution is 2.27. The van der Waals surface area contributed by atoms with Crippen molar-refractivity contribution >= 4 is 6.21 Å². The molecule has 2 rings (SSSR count). The van der Waals surface area contributed by atoms with Crippen LogP contribution in [0.25, 0.3) is 0 Å². The Bertz CT molecular complexity index is 430. The maximum absolute atomic E-state index is 5.78. The van der Waals surface area contributed by atoms with Gasteiger partial charge in [-0.25, -0.2) is 0 Å². The average molecular weight is 261 g/mol. The minimum atomic E-state index is 0.288. The Morgan fingerprint density at radius 1 is 1.32 bits per heavy atom. The quantitative estimate of drug-likeness (QED) is 0.687. The number of hydrogen-bond donors (Lipinski definition) is 0. The van der Waals surface area contributed by atoms with E-state index < -0.39 is 0 Å². The van der Waals surface area contributed by atoms with Crippen LogP contribution in [0.5, 0.6) is 0 Å². The largest absolute Gasteiger partial charge is 0.497 e. The van der Waals surface area contributed by atoms with Crippen molar-refractivity contribution in [3.8, 4) is 0 Å². The molecule has 0 aromatic carbocycles. The Morgan fingerprint density at radius 3 is 2.89 bits per heavy atom. The van der Waals surface area contributed by atoms with Crippen LogP contribution in [0, 0.1) is 5.92 Å². The van der Waals surface area contributed by atoms with E-state index in [0.29, 0.717) is 5.92 Å². The van der Waals surface area contributed by atoms with Gasteiger partial charge in [0.2, 0.25) is 0 Å². The molecule has 0 radical (unpaired) electrons. The van der Waals surface area contributed by atoms with E-state index in [0.717, 1.165) is 31.8 Å². The molecule has 0 amide bonds. The molecule has 0 aromatic rings. The van der Waals surface area contributed by atoms with E-state index in [1.807, 2.05) is 6.21 Å². The Hall–Kier alpha value is -1.35. The summed E-state index contributed by atoms with van der Waals surface area (Å²) in [4.78, 5) is 4.57. The van der Waals surface area contributed by atoms with E-state index in [1.165, 1.54) is 11.1 Å². The van der Waals surface area contributed by atoms with E-state index >= 15 is 0 Å². The summed E-state index contributed by atoms with van der Waals surface area (Å²) in [6.45, 7) is 5.86. The minimum Gasteiger partial charge on any atom is -0.497 e. The van der Waals surface area contributed by atoms with E-state index in [9.17, 15) is 0 Å². The van der Waals surface area contributed by atoms with Gasteiger partial charge < -0.3 is 9.47 Å². The summed E-state index contributed by atoms with van der Waals surface area (Å²) in [6.07, 6.45) is 10.4. The first-order valence-corrected chi connectivity index (χ1v) is 6.98. The van der Waals surface area contributed by atoms with Crippen LogP contribution in [0.1, 0.15) is 26.7 Å². The van der Waals surface area contributed by atoms with E-state index in [2.05, 4.69) is 37.1 Å². The summed E-state index contributed by atoms with van der Waals surface area (Å²) in [7, 11) is 1.72. The molecule has 0 saturated carbocycles. The number of methoxy groups -OCH3 is 1. The third kappa shape index (κ3) is 3.80. The molecule has 0 fully saturated rings. The smallest absolute Gasteiger partial charge is 0.100 e. The highest BCUT2D eigenvalue weighted by molar-refractivity contribution is 5.88. The number of aliphatic imine (C=N–C) groups is 1. The van der Waals surface area contributed by atoms with Gasteiger partial charge in [0.25, 0.3) is 0 Å². The summed E-state index contributed by atoms with van der Waals surface area (Å²) in [6, 6.07) is 0.288. The summed E-state index contributed by atoms with van der Waals surface area (Å²) in [5, 5.41) is 0. The zero-order valence-corrected chi connectivity index (χ0v) is 12.1. The molecular weight excluding hydrogens is 238 g/mol.